The van der Waals surface area contributed by atoms with Gasteiger partial charge >= 0.3 is 5.97 Å². The summed E-state index contributed by atoms with van der Waals surface area (Å²) in [5.41, 5.74) is 2.96. The highest BCUT2D eigenvalue weighted by atomic mass is 35.5. The van der Waals surface area contributed by atoms with Crippen LogP contribution in [0.5, 0.6) is 0 Å². The van der Waals surface area contributed by atoms with Crippen LogP contribution in [0.3, 0.4) is 0 Å². The summed E-state index contributed by atoms with van der Waals surface area (Å²) < 4.78 is 5.33. The fourth-order valence-electron chi connectivity index (χ4n) is 3.12. The van der Waals surface area contributed by atoms with Crippen molar-refractivity contribution in [1.29, 1.82) is 0 Å². The molecule has 1 aromatic carbocycles. The third kappa shape index (κ3) is 3.39. The molecule has 0 spiro atoms. The van der Waals surface area contributed by atoms with Gasteiger partial charge in [0.25, 0.3) is 0 Å². The van der Waals surface area contributed by atoms with Crippen molar-refractivity contribution >= 4 is 35.0 Å². The molecular formula is C18H19Cl2N3O2. The van der Waals surface area contributed by atoms with Crippen LogP contribution in [0, 0.1) is 0 Å². The molecule has 1 aliphatic heterocycles. The first kappa shape index (κ1) is 17.8. The predicted molar refractivity (Wildman–Crippen MR) is 99.1 cm³/mol. The van der Waals surface area contributed by atoms with E-state index < -0.39 is 0 Å². The number of hydrogen-bond donors (Lipinski definition) is 2. The van der Waals surface area contributed by atoms with E-state index in [9.17, 15) is 4.79 Å². The minimum atomic E-state index is -0.387. The zero-order valence-electron chi connectivity index (χ0n) is 14.0. The summed E-state index contributed by atoms with van der Waals surface area (Å²) in [6.07, 6.45) is 3.35. The fourth-order valence-corrected chi connectivity index (χ4v) is 3.52. The van der Waals surface area contributed by atoms with Crippen molar-refractivity contribution in [1.82, 2.24) is 10.2 Å². The molecule has 0 saturated heterocycles. The number of carbonyl (C=O) groups excluding carboxylic acids is 1. The Bertz CT molecular complexity index is 829. The van der Waals surface area contributed by atoms with Crippen LogP contribution in [-0.4, -0.2) is 22.8 Å². The highest BCUT2D eigenvalue weighted by Gasteiger charge is 2.36. The fraction of sp³-hybridized carbons (Fsp3) is 0.333. The first-order valence-corrected chi connectivity index (χ1v) is 8.98. The van der Waals surface area contributed by atoms with Crippen LogP contribution in [0.4, 0.5) is 5.82 Å². The van der Waals surface area contributed by atoms with Gasteiger partial charge in [-0.2, -0.15) is 5.10 Å². The number of ether oxygens (including phenoxy) is 1. The minimum absolute atomic E-state index is 0.302. The smallest absolute Gasteiger partial charge is 0.336 e. The van der Waals surface area contributed by atoms with Gasteiger partial charge in [0.15, 0.2) is 5.82 Å². The molecule has 0 bridgehead atoms. The van der Waals surface area contributed by atoms with Crippen molar-refractivity contribution in [2.24, 2.45) is 0 Å². The number of carbonyl (C=O) groups is 1. The Kier molecular flexibility index (Phi) is 5.35. The first-order chi connectivity index (χ1) is 12.1. The topological polar surface area (TPSA) is 67.0 Å². The number of nitrogens with one attached hydrogen (secondary N) is 2. The van der Waals surface area contributed by atoms with Crippen LogP contribution in [0.25, 0.3) is 0 Å². The number of benzene rings is 1. The van der Waals surface area contributed by atoms with Gasteiger partial charge in [-0.1, -0.05) is 36.5 Å². The summed E-state index contributed by atoms with van der Waals surface area (Å²) >= 11 is 12.6. The largest absolute Gasteiger partial charge is 0.463 e. The van der Waals surface area contributed by atoms with E-state index in [1.54, 1.807) is 31.3 Å². The van der Waals surface area contributed by atoms with E-state index in [1.807, 2.05) is 0 Å². The van der Waals surface area contributed by atoms with Gasteiger partial charge in [-0.05, 0) is 37.1 Å². The molecule has 25 heavy (non-hydrogen) atoms. The van der Waals surface area contributed by atoms with Gasteiger partial charge in [-0.3, -0.25) is 5.10 Å². The van der Waals surface area contributed by atoms with Crippen LogP contribution in [0.1, 0.15) is 43.7 Å². The Morgan fingerprint density at radius 1 is 1.28 bits per heavy atom. The van der Waals surface area contributed by atoms with Crippen molar-refractivity contribution in [3.63, 3.8) is 0 Å². The van der Waals surface area contributed by atoms with E-state index >= 15 is 0 Å². The third-order valence-corrected chi connectivity index (χ3v) is 4.71. The van der Waals surface area contributed by atoms with Crippen LogP contribution >= 0.6 is 23.2 Å². The minimum Gasteiger partial charge on any atom is -0.463 e. The summed E-state index contributed by atoms with van der Waals surface area (Å²) in [6, 6.07) is 5.26. The van der Waals surface area contributed by atoms with Crippen molar-refractivity contribution in [2.45, 2.75) is 32.6 Å². The van der Waals surface area contributed by atoms with E-state index in [0.29, 0.717) is 34.5 Å². The van der Waals surface area contributed by atoms with Gasteiger partial charge in [-0.25, -0.2) is 4.79 Å². The molecule has 0 fully saturated rings. The van der Waals surface area contributed by atoms with E-state index in [4.69, 9.17) is 27.9 Å². The maximum absolute atomic E-state index is 12.8. The average Bonchev–Trinajstić information content (AvgIpc) is 3.04. The van der Waals surface area contributed by atoms with Crippen LogP contribution in [-0.2, 0) is 9.53 Å². The number of aromatic amines is 1. The van der Waals surface area contributed by atoms with E-state index in [-0.39, 0.29) is 11.9 Å². The molecule has 0 aliphatic carbocycles. The number of H-pyrrole nitrogens is 1. The maximum atomic E-state index is 12.8. The number of fused-ring (bicyclic) bond motifs is 1. The number of aromatic nitrogens is 2. The molecule has 0 saturated carbocycles. The SMILES string of the molecule is CCCC1=C(C(=O)OCC)C(c2cc(Cl)ccc2Cl)c2c[nH]nc2N1. The second-order valence-electron chi connectivity index (χ2n) is 5.78. The number of hydrogen-bond acceptors (Lipinski definition) is 4. The molecule has 132 valence electrons. The van der Waals surface area contributed by atoms with Gasteiger partial charge in [0, 0.05) is 33.4 Å². The summed E-state index contributed by atoms with van der Waals surface area (Å²) in [7, 11) is 0. The number of esters is 1. The predicted octanol–water partition coefficient (Wildman–Crippen LogP) is 4.89. The Hall–Kier alpha value is -1.98. The summed E-state index contributed by atoms with van der Waals surface area (Å²) in [5.74, 6) is -0.0503. The monoisotopic (exact) mass is 379 g/mol. The zero-order chi connectivity index (χ0) is 18.0. The molecule has 0 amide bonds. The molecule has 2 N–H and O–H groups in total. The van der Waals surface area contributed by atoms with Crippen molar-refractivity contribution in [3.8, 4) is 0 Å². The van der Waals surface area contributed by atoms with Crippen LogP contribution in [0.2, 0.25) is 10.0 Å². The van der Waals surface area contributed by atoms with E-state index in [0.717, 1.165) is 23.2 Å². The molecular weight excluding hydrogens is 361 g/mol. The summed E-state index contributed by atoms with van der Waals surface area (Å²) in [5, 5.41) is 11.5. The summed E-state index contributed by atoms with van der Waals surface area (Å²) in [4.78, 5) is 12.8. The highest BCUT2D eigenvalue weighted by molar-refractivity contribution is 6.33. The number of anilines is 1. The normalized spacial score (nSPS) is 16.4. The molecule has 2 heterocycles. The second kappa shape index (κ2) is 7.50. The number of rotatable bonds is 5. The van der Waals surface area contributed by atoms with Crippen molar-refractivity contribution < 1.29 is 9.53 Å². The average molecular weight is 380 g/mol. The lowest BCUT2D eigenvalue weighted by atomic mass is 9.82. The number of allylic oxidation sites excluding steroid dienone is 1. The van der Waals surface area contributed by atoms with Crippen molar-refractivity contribution in [2.75, 3.05) is 11.9 Å². The third-order valence-electron chi connectivity index (χ3n) is 4.13. The molecule has 1 aromatic heterocycles. The molecule has 5 nitrogen and oxygen atoms in total. The van der Waals surface area contributed by atoms with Crippen LogP contribution in [0.15, 0.2) is 35.7 Å². The number of halogens is 2. The molecule has 7 heteroatoms. The van der Waals surface area contributed by atoms with Crippen LogP contribution < -0.4 is 5.32 Å². The molecule has 2 aromatic rings. The van der Waals surface area contributed by atoms with E-state index in [2.05, 4.69) is 22.4 Å². The quantitative estimate of drug-likeness (QED) is 0.725. The lowest BCUT2D eigenvalue weighted by Crippen LogP contribution is -2.25. The lowest BCUT2D eigenvalue weighted by molar-refractivity contribution is -0.138. The second-order valence-corrected chi connectivity index (χ2v) is 6.62. The van der Waals surface area contributed by atoms with Gasteiger partial charge in [0.05, 0.1) is 12.2 Å². The number of nitrogens with zero attached hydrogens (tertiary/aromatic N) is 1. The highest BCUT2D eigenvalue weighted by Crippen LogP contribution is 2.44. The van der Waals surface area contributed by atoms with Gasteiger partial charge in [0.1, 0.15) is 0 Å². The summed E-state index contributed by atoms with van der Waals surface area (Å²) in [6.45, 7) is 4.15. The Labute approximate surface area is 156 Å². The van der Waals surface area contributed by atoms with Gasteiger partial charge in [0.2, 0.25) is 0 Å². The maximum Gasteiger partial charge on any atom is 0.336 e. The Balaban J connectivity index is 2.22. The lowest BCUT2D eigenvalue weighted by Gasteiger charge is -2.29. The van der Waals surface area contributed by atoms with Gasteiger partial charge in [-0.15, -0.1) is 0 Å². The molecule has 1 aliphatic rings. The molecule has 3 rings (SSSR count). The molecule has 1 unspecified atom stereocenters. The van der Waals surface area contributed by atoms with Crippen molar-refractivity contribution in [3.05, 3.63) is 56.8 Å². The van der Waals surface area contributed by atoms with Gasteiger partial charge < -0.3 is 10.1 Å². The standard InChI is InChI=1S/C18H19Cl2N3O2/c1-3-5-14-16(18(24)25-4-2)15(12-9-21-23-17(12)22-14)11-8-10(19)6-7-13(11)20/h6-9,15H,3-5H2,1-2H3,(H2,21,22,23). The first-order valence-electron chi connectivity index (χ1n) is 8.22. The Morgan fingerprint density at radius 3 is 2.80 bits per heavy atom. The zero-order valence-corrected chi connectivity index (χ0v) is 15.5. The molecule has 0 radical (unpaired) electrons. The Morgan fingerprint density at radius 2 is 2.08 bits per heavy atom. The molecule has 1 atom stereocenters. The van der Waals surface area contributed by atoms with E-state index in [1.165, 1.54) is 0 Å².